The third-order valence-corrected chi connectivity index (χ3v) is 7.52. The number of carbonyl (C=O) groups is 1. The maximum atomic E-state index is 13.9. The minimum Gasteiger partial charge on any atom is -0.496 e. The zero-order chi connectivity index (χ0) is 27.4. The fraction of sp³-hybridized carbons (Fsp3) is 0.310. The highest BCUT2D eigenvalue weighted by molar-refractivity contribution is 6.32. The van der Waals surface area contributed by atoms with E-state index in [9.17, 15) is 4.79 Å². The van der Waals surface area contributed by atoms with Crippen LogP contribution in [0.15, 0.2) is 60.9 Å². The van der Waals surface area contributed by atoms with Crippen LogP contribution in [0.5, 0.6) is 11.5 Å². The Bertz CT molecular complexity index is 1450. The highest BCUT2D eigenvalue weighted by Gasteiger charge is 2.29. The molecule has 2 heterocycles. The van der Waals surface area contributed by atoms with E-state index in [1.54, 1.807) is 44.8 Å². The van der Waals surface area contributed by atoms with Crippen molar-refractivity contribution in [3.8, 4) is 34.3 Å². The summed E-state index contributed by atoms with van der Waals surface area (Å²) in [6.45, 7) is 0.872. The Morgan fingerprint density at radius 3 is 2.38 bits per heavy atom. The number of hydrogen-bond acceptors (Lipinski definition) is 6. The van der Waals surface area contributed by atoms with E-state index in [0.29, 0.717) is 51.8 Å². The monoisotopic (exact) mass is 565 g/mol. The van der Waals surface area contributed by atoms with Crippen molar-refractivity contribution in [3.63, 3.8) is 0 Å². The summed E-state index contributed by atoms with van der Waals surface area (Å²) in [6.07, 6.45) is 7.50. The van der Waals surface area contributed by atoms with E-state index in [4.69, 9.17) is 42.8 Å². The molecular formula is C29H29Cl2N5O3. The van der Waals surface area contributed by atoms with Gasteiger partial charge in [-0.2, -0.15) is 5.10 Å². The van der Waals surface area contributed by atoms with E-state index < -0.39 is 0 Å². The number of halogens is 2. The van der Waals surface area contributed by atoms with Crippen LogP contribution in [0.2, 0.25) is 10.0 Å². The summed E-state index contributed by atoms with van der Waals surface area (Å²) in [4.78, 5) is 24.8. The molecule has 39 heavy (non-hydrogen) atoms. The van der Waals surface area contributed by atoms with Crippen LogP contribution >= 0.6 is 23.2 Å². The van der Waals surface area contributed by atoms with Crippen LogP contribution in [-0.2, 0) is 6.54 Å². The van der Waals surface area contributed by atoms with E-state index in [1.807, 2.05) is 39.9 Å². The van der Waals surface area contributed by atoms with Gasteiger partial charge in [0.15, 0.2) is 11.6 Å². The molecule has 0 bridgehead atoms. The first-order valence-corrected chi connectivity index (χ1v) is 13.6. The third-order valence-electron chi connectivity index (χ3n) is 6.99. The number of ether oxygens (including phenoxy) is 2. The van der Waals surface area contributed by atoms with Crippen molar-refractivity contribution in [3.05, 3.63) is 76.5 Å². The van der Waals surface area contributed by atoms with Crippen LogP contribution in [0.4, 0.5) is 0 Å². The van der Waals surface area contributed by atoms with E-state index in [1.165, 1.54) is 0 Å². The summed E-state index contributed by atoms with van der Waals surface area (Å²) >= 11 is 12.7. The van der Waals surface area contributed by atoms with Gasteiger partial charge in [-0.1, -0.05) is 36.0 Å². The van der Waals surface area contributed by atoms with Gasteiger partial charge in [0.2, 0.25) is 0 Å². The normalized spacial score (nSPS) is 13.4. The van der Waals surface area contributed by atoms with Crippen molar-refractivity contribution < 1.29 is 14.3 Å². The molecule has 1 aliphatic carbocycles. The summed E-state index contributed by atoms with van der Waals surface area (Å²) in [7, 11) is 3.14. The van der Waals surface area contributed by atoms with Gasteiger partial charge in [-0.05, 0) is 61.4 Å². The van der Waals surface area contributed by atoms with Crippen LogP contribution in [0.3, 0.4) is 0 Å². The topological polar surface area (TPSA) is 82.4 Å². The molecule has 1 amide bonds. The lowest BCUT2D eigenvalue weighted by molar-refractivity contribution is 0.0668. The van der Waals surface area contributed by atoms with Crippen LogP contribution < -0.4 is 9.47 Å². The Hall–Kier alpha value is -3.62. The van der Waals surface area contributed by atoms with Gasteiger partial charge < -0.3 is 14.4 Å². The Balaban J connectivity index is 1.50. The van der Waals surface area contributed by atoms with Gasteiger partial charge in [0.05, 0.1) is 31.4 Å². The number of methoxy groups -OCH3 is 2. The summed E-state index contributed by atoms with van der Waals surface area (Å²) in [6, 6.07) is 14.5. The molecule has 10 heteroatoms. The fourth-order valence-electron chi connectivity index (χ4n) is 5.01. The summed E-state index contributed by atoms with van der Waals surface area (Å²) in [5.74, 6) is 2.18. The zero-order valence-corrected chi connectivity index (χ0v) is 23.3. The molecule has 0 N–H and O–H groups in total. The average molecular weight is 566 g/mol. The maximum absolute atomic E-state index is 13.9. The van der Waals surface area contributed by atoms with E-state index in [0.717, 1.165) is 36.8 Å². The molecule has 1 saturated carbocycles. The van der Waals surface area contributed by atoms with Gasteiger partial charge in [-0.25, -0.2) is 9.67 Å². The van der Waals surface area contributed by atoms with Crippen LogP contribution in [0.25, 0.3) is 22.8 Å². The number of rotatable bonds is 9. The number of pyridine rings is 1. The van der Waals surface area contributed by atoms with Crippen molar-refractivity contribution in [2.24, 2.45) is 0 Å². The first-order valence-electron chi connectivity index (χ1n) is 12.8. The predicted octanol–water partition coefficient (Wildman–Crippen LogP) is 6.42. The molecule has 0 spiro atoms. The minimum atomic E-state index is -0.107. The molecule has 0 atom stereocenters. The second kappa shape index (κ2) is 12.1. The largest absolute Gasteiger partial charge is 0.496 e. The van der Waals surface area contributed by atoms with E-state index >= 15 is 0 Å². The van der Waals surface area contributed by atoms with Crippen LogP contribution in [0, 0.1) is 0 Å². The second-order valence-corrected chi connectivity index (χ2v) is 10.2. The highest BCUT2D eigenvalue weighted by atomic mass is 35.5. The molecular weight excluding hydrogens is 537 g/mol. The lowest BCUT2D eigenvalue weighted by Crippen LogP contribution is -2.41. The van der Waals surface area contributed by atoms with Crippen LogP contribution in [-0.4, -0.2) is 57.4 Å². The fourth-order valence-corrected chi connectivity index (χ4v) is 5.44. The molecule has 0 unspecified atom stereocenters. The molecule has 1 fully saturated rings. The van der Waals surface area contributed by atoms with Crippen molar-refractivity contribution in [2.75, 3.05) is 20.8 Å². The zero-order valence-electron chi connectivity index (χ0n) is 21.8. The SMILES string of the molecule is COc1ccc(-c2nc(-c3ccncc3)nn2CCN(C(=O)c2cc(Cl)ccc2OC)C2CCCC2)cc1Cl. The Labute approximate surface area is 237 Å². The number of hydrogen-bond donors (Lipinski definition) is 0. The molecule has 4 aromatic rings. The van der Waals surface area contributed by atoms with Crippen LogP contribution in [0.1, 0.15) is 36.0 Å². The molecule has 0 aliphatic heterocycles. The molecule has 0 saturated heterocycles. The average Bonchev–Trinajstić information content (AvgIpc) is 3.64. The standard InChI is InChI=1S/C29H29Cl2N5O3/c1-38-25-10-8-21(30)18-23(25)29(37)35(22-5-3-4-6-22)15-16-36-28(20-7-9-26(39-2)24(31)17-20)33-27(34-36)19-11-13-32-14-12-19/h7-14,17-18,22H,3-6,15-16H2,1-2H3. The molecule has 0 radical (unpaired) electrons. The quantitative estimate of drug-likeness (QED) is 0.233. The first-order chi connectivity index (χ1) is 19.0. The molecule has 2 aromatic carbocycles. The summed E-state index contributed by atoms with van der Waals surface area (Å²) in [5, 5.41) is 5.79. The van der Waals surface area contributed by atoms with Gasteiger partial charge in [-0.3, -0.25) is 9.78 Å². The third kappa shape index (κ3) is 5.87. The summed E-state index contributed by atoms with van der Waals surface area (Å²) in [5.41, 5.74) is 2.09. The number of carbonyl (C=O) groups excluding carboxylic acids is 1. The Kier molecular flexibility index (Phi) is 8.33. The van der Waals surface area contributed by atoms with E-state index in [-0.39, 0.29) is 11.9 Å². The van der Waals surface area contributed by atoms with Gasteiger partial charge in [0, 0.05) is 41.1 Å². The number of nitrogens with zero attached hydrogens (tertiary/aromatic N) is 5. The second-order valence-electron chi connectivity index (χ2n) is 9.35. The Morgan fingerprint density at radius 2 is 1.69 bits per heavy atom. The summed E-state index contributed by atoms with van der Waals surface area (Å²) < 4.78 is 12.7. The number of amides is 1. The first kappa shape index (κ1) is 27.0. The maximum Gasteiger partial charge on any atom is 0.257 e. The predicted molar refractivity (Wildman–Crippen MR) is 152 cm³/mol. The van der Waals surface area contributed by atoms with Gasteiger partial charge in [0.1, 0.15) is 11.5 Å². The van der Waals surface area contributed by atoms with Gasteiger partial charge >= 0.3 is 0 Å². The van der Waals surface area contributed by atoms with Crippen molar-refractivity contribution in [1.29, 1.82) is 0 Å². The minimum absolute atomic E-state index is 0.107. The van der Waals surface area contributed by atoms with Crippen molar-refractivity contribution >= 4 is 29.1 Å². The Morgan fingerprint density at radius 1 is 0.974 bits per heavy atom. The van der Waals surface area contributed by atoms with Gasteiger partial charge in [-0.15, -0.1) is 0 Å². The van der Waals surface area contributed by atoms with Crippen molar-refractivity contribution in [1.82, 2.24) is 24.6 Å². The number of benzene rings is 2. The molecule has 5 rings (SSSR count). The van der Waals surface area contributed by atoms with E-state index in [2.05, 4.69) is 4.98 Å². The molecule has 8 nitrogen and oxygen atoms in total. The molecule has 1 aliphatic rings. The highest BCUT2D eigenvalue weighted by Crippen LogP contribution is 2.32. The van der Waals surface area contributed by atoms with Crippen molar-refractivity contribution in [2.45, 2.75) is 38.3 Å². The smallest absolute Gasteiger partial charge is 0.257 e. The lowest BCUT2D eigenvalue weighted by atomic mass is 10.1. The molecule has 202 valence electrons. The molecule has 2 aromatic heterocycles. The van der Waals surface area contributed by atoms with Gasteiger partial charge in [0.25, 0.3) is 5.91 Å². The lowest BCUT2D eigenvalue weighted by Gasteiger charge is -2.30. The number of aromatic nitrogens is 4.